The zero-order valence-electron chi connectivity index (χ0n) is 19.6. The summed E-state index contributed by atoms with van der Waals surface area (Å²) in [6.45, 7) is 5.97. The van der Waals surface area contributed by atoms with Gasteiger partial charge in [0.15, 0.2) is 0 Å². The number of aromatic nitrogens is 1. The van der Waals surface area contributed by atoms with Gasteiger partial charge in [-0.05, 0) is 69.6 Å². The molecule has 7 heteroatoms. The summed E-state index contributed by atoms with van der Waals surface area (Å²) in [4.78, 5) is 25.4. The normalized spacial score (nSPS) is 19.6. The van der Waals surface area contributed by atoms with Crippen LogP contribution in [0.5, 0.6) is 0 Å². The van der Waals surface area contributed by atoms with Crippen LogP contribution in [0.4, 0.5) is 21.5 Å². The SMILES string of the molecule is CC1CCN(c2ccc(C(=O)N(C)c3ccc(N4CCC(N(C)C)C4)c(F)c3)nc2)CC1. The molecule has 2 fully saturated rings. The summed E-state index contributed by atoms with van der Waals surface area (Å²) in [6, 6.07) is 9.19. The zero-order chi connectivity index (χ0) is 22.8. The van der Waals surface area contributed by atoms with Gasteiger partial charge in [0.1, 0.15) is 11.5 Å². The molecule has 1 aromatic heterocycles. The van der Waals surface area contributed by atoms with Crippen LogP contribution in [-0.2, 0) is 0 Å². The Morgan fingerprint density at radius 2 is 1.75 bits per heavy atom. The number of anilines is 3. The number of benzene rings is 1. The van der Waals surface area contributed by atoms with E-state index < -0.39 is 0 Å². The first-order chi connectivity index (χ1) is 15.3. The van der Waals surface area contributed by atoms with Gasteiger partial charge < -0.3 is 19.6 Å². The Balaban J connectivity index is 1.43. The van der Waals surface area contributed by atoms with Gasteiger partial charge in [0.2, 0.25) is 0 Å². The summed E-state index contributed by atoms with van der Waals surface area (Å²) in [5.74, 6) is 0.217. The Hall–Kier alpha value is -2.67. The van der Waals surface area contributed by atoms with E-state index >= 15 is 0 Å². The smallest absolute Gasteiger partial charge is 0.276 e. The highest BCUT2D eigenvalue weighted by molar-refractivity contribution is 6.04. The van der Waals surface area contributed by atoms with Crippen molar-refractivity contribution in [2.75, 3.05) is 62.0 Å². The highest BCUT2D eigenvalue weighted by Crippen LogP contribution is 2.29. The fourth-order valence-corrected chi connectivity index (χ4v) is 4.60. The number of carbonyl (C=O) groups excluding carboxylic acids is 1. The maximum Gasteiger partial charge on any atom is 0.276 e. The van der Waals surface area contributed by atoms with Crippen molar-refractivity contribution >= 4 is 23.0 Å². The Bertz CT molecular complexity index is 940. The van der Waals surface area contributed by atoms with E-state index in [0.717, 1.165) is 44.2 Å². The van der Waals surface area contributed by atoms with Crippen LogP contribution in [0.25, 0.3) is 0 Å². The minimum atomic E-state index is -0.302. The van der Waals surface area contributed by atoms with E-state index in [2.05, 4.69) is 40.7 Å². The number of amides is 1. The highest BCUT2D eigenvalue weighted by atomic mass is 19.1. The molecule has 0 bridgehead atoms. The Morgan fingerprint density at radius 1 is 1.03 bits per heavy atom. The largest absolute Gasteiger partial charge is 0.370 e. The van der Waals surface area contributed by atoms with Crippen molar-refractivity contribution < 1.29 is 9.18 Å². The molecule has 2 saturated heterocycles. The van der Waals surface area contributed by atoms with Gasteiger partial charge in [-0.2, -0.15) is 0 Å². The molecular weight excluding hydrogens is 405 g/mol. The van der Waals surface area contributed by atoms with Crippen LogP contribution in [0.15, 0.2) is 36.5 Å². The topological polar surface area (TPSA) is 42.9 Å². The molecule has 2 aromatic rings. The van der Waals surface area contributed by atoms with Gasteiger partial charge in [-0.1, -0.05) is 6.92 Å². The van der Waals surface area contributed by atoms with Gasteiger partial charge in [0, 0.05) is 45.0 Å². The molecule has 2 aliphatic heterocycles. The Labute approximate surface area is 190 Å². The Kier molecular flexibility index (Phi) is 6.65. The van der Waals surface area contributed by atoms with Crippen molar-refractivity contribution in [3.05, 3.63) is 48.0 Å². The van der Waals surface area contributed by atoms with Gasteiger partial charge in [-0.15, -0.1) is 0 Å². The molecule has 1 aromatic carbocycles. The van der Waals surface area contributed by atoms with Gasteiger partial charge in [-0.25, -0.2) is 9.37 Å². The number of likely N-dealkylation sites (N-methyl/N-ethyl adjacent to an activating group) is 1. The second-order valence-electron chi connectivity index (χ2n) is 9.42. The fourth-order valence-electron chi connectivity index (χ4n) is 4.60. The van der Waals surface area contributed by atoms with Crippen molar-refractivity contribution in [2.45, 2.75) is 32.2 Å². The lowest BCUT2D eigenvalue weighted by molar-refractivity contribution is 0.0988. The third-order valence-electron chi connectivity index (χ3n) is 6.97. The molecule has 4 rings (SSSR count). The van der Waals surface area contributed by atoms with Crippen molar-refractivity contribution in [3.8, 4) is 0 Å². The maximum atomic E-state index is 14.9. The van der Waals surface area contributed by atoms with Crippen LogP contribution in [0, 0.1) is 11.7 Å². The first-order valence-corrected chi connectivity index (χ1v) is 11.5. The predicted molar refractivity (Wildman–Crippen MR) is 128 cm³/mol. The quantitative estimate of drug-likeness (QED) is 0.708. The molecule has 1 atom stereocenters. The molecule has 1 unspecified atom stereocenters. The van der Waals surface area contributed by atoms with Crippen LogP contribution < -0.4 is 14.7 Å². The number of halogens is 1. The van der Waals surface area contributed by atoms with Crippen LogP contribution in [0.3, 0.4) is 0 Å². The minimum absolute atomic E-state index is 0.246. The summed E-state index contributed by atoms with van der Waals surface area (Å²) < 4.78 is 14.9. The van der Waals surface area contributed by atoms with Crippen LogP contribution in [-0.4, -0.2) is 69.2 Å². The monoisotopic (exact) mass is 439 g/mol. The van der Waals surface area contributed by atoms with Gasteiger partial charge >= 0.3 is 0 Å². The molecule has 6 nitrogen and oxygen atoms in total. The minimum Gasteiger partial charge on any atom is -0.370 e. The van der Waals surface area contributed by atoms with E-state index in [-0.39, 0.29) is 11.7 Å². The number of rotatable bonds is 5. The van der Waals surface area contributed by atoms with E-state index in [1.807, 2.05) is 12.1 Å². The molecule has 0 N–H and O–H groups in total. The first-order valence-electron chi connectivity index (χ1n) is 11.5. The average Bonchev–Trinajstić information content (AvgIpc) is 3.29. The molecule has 1 amide bonds. The summed E-state index contributed by atoms with van der Waals surface area (Å²) in [5.41, 5.74) is 2.53. The molecule has 2 aliphatic rings. The number of carbonyl (C=O) groups is 1. The fraction of sp³-hybridized carbons (Fsp3) is 0.520. The zero-order valence-corrected chi connectivity index (χ0v) is 19.6. The second-order valence-corrected chi connectivity index (χ2v) is 9.42. The lowest BCUT2D eigenvalue weighted by Gasteiger charge is -2.31. The van der Waals surface area contributed by atoms with Crippen molar-refractivity contribution in [1.29, 1.82) is 0 Å². The lowest BCUT2D eigenvalue weighted by atomic mass is 9.99. The summed E-state index contributed by atoms with van der Waals surface area (Å²) >= 11 is 0. The molecular formula is C25H34FN5O. The molecule has 0 radical (unpaired) electrons. The van der Waals surface area contributed by atoms with Crippen LogP contribution in [0.1, 0.15) is 36.7 Å². The van der Waals surface area contributed by atoms with E-state index in [1.54, 1.807) is 25.4 Å². The lowest BCUT2D eigenvalue weighted by Crippen LogP contribution is -2.33. The van der Waals surface area contributed by atoms with E-state index in [4.69, 9.17) is 0 Å². The predicted octanol–water partition coefficient (Wildman–Crippen LogP) is 3.87. The van der Waals surface area contributed by atoms with Crippen LogP contribution in [0.2, 0.25) is 0 Å². The summed E-state index contributed by atoms with van der Waals surface area (Å²) in [6.07, 6.45) is 5.15. The first kappa shape index (κ1) is 22.5. The van der Waals surface area contributed by atoms with E-state index in [1.165, 1.54) is 23.8 Å². The highest BCUT2D eigenvalue weighted by Gasteiger charge is 2.26. The number of hydrogen-bond acceptors (Lipinski definition) is 5. The van der Waals surface area contributed by atoms with Gasteiger partial charge in [0.05, 0.1) is 17.6 Å². The van der Waals surface area contributed by atoms with E-state index in [0.29, 0.717) is 23.1 Å². The molecule has 0 saturated carbocycles. The number of piperidine rings is 1. The van der Waals surface area contributed by atoms with E-state index in [9.17, 15) is 9.18 Å². The third kappa shape index (κ3) is 4.72. The maximum absolute atomic E-state index is 14.9. The Morgan fingerprint density at radius 3 is 2.34 bits per heavy atom. The van der Waals surface area contributed by atoms with Gasteiger partial charge in [0.25, 0.3) is 5.91 Å². The van der Waals surface area contributed by atoms with Crippen molar-refractivity contribution in [1.82, 2.24) is 9.88 Å². The van der Waals surface area contributed by atoms with Gasteiger partial charge in [-0.3, -0.25) is 4.79 Å². The van der Waals surface area contributed by atoms with Crippen molar-refractivity contribution in [3.63, 3.8) is 0 Å². The number of pyridine rings is 1. The molecule has 0 aliphatic carbocycles. The molecule has 0 spiro atoms. The van der Waals surface area contributed by atoms with Crippen molar-refractivity contribution in [2.24, 2.45) is 5.92 Å². The number of hydrogen-bond donors (Lipinski definition) is 0. The number of nitrogens with zero attached hydrogens (tertiary/aromatic N) is 5. The summed E-state index contributed by atoms with van der Waals surface area (Å²) in [5, 5.41) is 0. The molecule has 3 heterocycles. The second kappa shape index (κ2) is 9.45. The van der Waals surface area contributed by atoms with Crippen LogP contribution >= 0.6 is 0 Å². The standard InChI is InChI=1S/C25H34FN5O/c1-18-9-12-30(13-10-18)20-5-7-23(27-16-20)25(32)29(4)19-6-8-24(22(26)15-19)31-14-11-21(17-31)28(2)3/h5-8,15-16,18,21H,9-14,17H2,1-4H3. The third-order valence-corrected chi connectivity index (χ3v) is 6.97. The molecule has 32 heavy (non-hydrogen) atoms. The average molecular weight is 440 g/mol. The summed E-state index contributed by atoms with van der Waals surface area (Å²) in [7, 11) is 5.78. The molecule has 172 valence electrons.